The summed E-state index contributed by atoms with van der Waals surface area (Å²) in [6, 6.07) is 0. The summed E-state index contributed by atoms with van der Waals surface area (Å²) in [6.45, 7) is 2.10. The minimum absolute atomic E-state index is 1.02. The van der Waals surface area contributed by atoms with Gasteiger partial charge < -0.3 is 4.57 Å². The van der Waals surface area contributed by atoms with Crippen LogP contribution in [0.4, 0.5) is 39.5 Å². The second-order valence-electron chi connectivity index (χ2n) is 4.45. The number of hydrogen-bond donors (Lipinski definition) is 1. The first-order valence-electron chi connectivity index (χ1n) is 5.98. The first-order chi connectivity index (χ1) is 10.8. The van der Waals surface area contributed by atoms with Crippen LogP contribution in [0.15, 0.2) is 12.4 Å². The number of halogens is 9. The van der Waals surface area contributed by atoms with Crippen LogP contribution < -0.4 is 0 Å². The number of nitrogens with zero attached hydrogens (tertiary/aromatic N) is 2. The fourth-order valence-electron chi connectivity index (χ4n) is 1.26. The average Bonchev–Trinajstić information content (AvgIpc) is 2.81. The van der Waals surface area contributed by atoms with Crippen molar-refractivity contribution >= 4 is 10.1 Å². The number of imidazole rings is 1. The van der Waals surface area contributed by atoms with E-state index in [1.54, 1.807) is 0 Å². The fourth-order valence-corrected chi connectivity index (χ4v) is 1.71. The molecular weight excluding hydrogens is 399 g/mol. The van der Waals surface area contributed by atoms with Crippen LogP contribution in [0.2, 0.25) is 0 Å². The summed E-state index contributed by atoms with van der Waals surface area (Å²) in [5.74, 6) is -13.6. The number of hydrogen-bond acceptors (Lipinski definition) is 3. The van der Waals surface area contributed by atoms with E-state index in [-0.39, 0.29) is 0 Å². The minimum atomic E-state index is -7.37. The maximum Gasteiger partial charge on any atom is 0.460 e. The molecule has 0 radical (unpaired) electrons. The van der Waals surface area contributed by atoms with E-state index in [9.17, 15) is 47.9 Å². The number of rotatable bonds is 4. The Labute approximate surface area is 135 Å². The summed E-state index contributed by atoms with van der Waals surface area (Å²) in [7, 11) is -5.16. The molecule has 0 aliphatic carbocycles. The van der Waals surface area contributed by atoms with Gasteiger partial charge in [0.1, 0.15) is 5.82 Å². The van der Waals surface area contributed by atoms with Gasteiger partial charge in [-0.1, -0.05) is 6.92 Å². The van der Waals surface area contributed by atoms with Crippen molar-refractivity contribution in [3.05, 3.63) is 18.2 Å². The van der Waals surface area contributed by atoms with Crippen molar-refractivity contribution in [1.82, 2.24) is 9.55 Å². The van der Waals surface area contributed by atoms with Crippen LogP contribution in [0.25, 0.3) is 0 Å². The summed E-state index contributed by atoms with van der Waals surface area (Å²) in [5.41, 5.74) is 0. The lowest BCUT2D eigenvalue weighted by atomic mass is 10.1. The molecule has 0 aromatic carbocycles. The molecule has 0 saturated carbocycles. The molecule has 25 heavy (non-hydrogen) atoms. The van der Waals surface area contributed by atoms with Gasteiger partial charge in [-0.2, -0.15) is 47.9 Å². The highest BCUT2D eigenvalue weighted by atomic mass is 32.2. The third kappa shape index (κ3) is 4.37. The average molecular weight is 410 g/mol. The Hall–Kier alpha value is -1.51. The van der Waals surface area contributed by atoms with Crippen LogP contribution in [0.1, 0.15) is 12.7 Å². The fraction of sp³-hybridized carbons (Fsp3) is 0.700. The second kappa shape index (κ2) is 7.01. The molecule has 1 aromatic rings. The first kappa shape index (κ1) is 23.5. The minimum Gasteiger partial charge on any atom is -0.338 e. The summed E-state index contributed by atoms with van der Waals surface area (Å²) in [4.78, 5) is 4.10. The third-order valence-corrected chi connectivity index (χ3v) is 3.58. The SMILES string of the molecule is CCc1nccn1C.O=S(=O)(O)C(F)(F)C(F)(F)C(F)(F)C(F)(F)F. The number of alkyl halides is 9. The molecule has 0 bridgehead atoms. The Morgan fingerprint density at radius 1 is 1.04 bits per heavy atom. The Bertz CT molecular complexity index is 682. The first-order valence-corrected chi connectivity index (χ1v) is 7.42. The van der Waals surface area contributed by atoms with Crippen molar-refractivity contribution in [2.24, 2.45) is 7.05 Å². The highest BCUT2D eigenvalue weighted by Crippen LogP contribution is 2.54. The molecule has 1 N–H and O–H groups in total. The standard InChI is InChI=1S/C6H10N2.C4HF9O3S/c1-3-6-7-4-5-8(6)2;5-1(6,3(9,10)11)2(7,8)4(12,13)17(14,15)16/h4-5H,3H2,1-2H3;(H,14,15,16). The van der Waals surface area contributed by atoms with E-state index in [4.69, 9.17) is 4.55 Å². The molecular formula is C10H11F9N2O3S. The van der Waals surface area contributed by atoms with Gasteiger partial charge in [0.2, 0.25) is 0 Å². The maximum atomic E-state index is 12.2. The molecule has 0 unspecified atom stereocenters. The van der Waals surface area contributed by atoms with E-state index < -0.39 is 33.4 Å². The van der Waals surface area contributed by atoms with Crippen molar-refractivity contribution in [1.29, 1.82) is 0 Å². The lowest BCUT2D eigenvalue weighted by Gasteiger charge is -2.31. The lowest BCUT2D eigenvalue weighted by molar-refractivity contribution is -0.382. The molecule has 0 aliphatic rings. The van der Waals surface area contributed by atoms with E-state index in [2.05, 4.69) is 11.9 Å². The second-order valence-corrected chi connectivity index (χ2v) is 5.91. The van der Waals surface area contributed by atoms with Crippen LogP contribution >= 0.6 is 0 Å². The van der Waals surface area contributed by atoms with E-state index in [0.717, 1.165) is 12.2 Å². The quantitative estimate of drug-likeness (QED) is 0.611. The molecule has 0 atom stereocenters. The molecule has 1 heterocycles. The Morgan fingerprint density at radius 3 is 1.68 bits per heavy atom. The van der Waals surface area contributed by atoms with Crippen LogP contribution in [-0.2, 0) is 23.6 Å². The Morgan fingerprint density at radius 2 is 1.48 bits per heavy atom. The molecule has 1 aromatic heterocycles. The van der Waals surface area contributed by atoms with E-state index >= 15 is 0 Å². The van der Waals surface area contributed by atoms with Crippen molar-refractivity contribution in [3.8, 4) is 0 Å². The molecule has 1 rings (SSSR count). The molecule has 0 amide bonds. The molecule has 15 heteroatoms. The lowest BCUT2D eigenvalue weighted by Crippen LogP contribution is -2.63. The maximum absolute atomic E-state index is 12.2. The van der Waals surface area contributed by atoms with Gasteiger partial charge in [0.25, 0.3) is 0 Å². The summed E-state index contributed by atoms with van der Waals surface area (Å²) in [5, 5.41) is -7.00. The molecule has 0 saturated heterocycles. The van der Waals surface area contributed by atoms with Crippen LogP contribution in [-0.4, -0.2) is 45.8 Å². The Kier molecular flexibility index (Phi) is 6.59. The largest absolute Gasteiger partial charge is 0.460 e. The van der Waals surface area contributed by atoms with Crippen LogP contribution in [0, 0.1) is 0 Å². The van der Waals surface area contributed by atoms with E-state index in [1.165, 1.54) is 0 Å². The highest BCUT2D eigenvalue weighted by molar-refractivity contribution is 7.87. The van der Waals surface area contributed by atoms with Gasteiger partial charge in [0.05, 0.1) is 0 Å². The van der Waals surface area contributed by atoms with Crippen molar-refractivity contribution in [3.63, 3.8) is 0 Å². The summed E-state index contributed by atoms with van der Waals surface area (Å²) >= 11 is 0. The molecule has 5 nitrogen and oxygen atoms in total. The smallest absolute Gasteiger partial charge is 0.338 e. The predicted molar refractivity (Wildman–Crippen MR) is 65.0 cm³/mol. The topological polar surface area (TPSA) is 72.2 Å². The van der Waals surface area contributed by atoms with Crippen molar-refractivity contribution in [2.45, 2.75) is 36.6 Å². The molecule has 0 aliphatic heterocycles. The summed E-state index contributed by atoms with van der Waals surface area (Å²) < 4.78 is 136. The van der Waals surface area contributed by atoms with Gasteiger partial charge in [-0.3, -0.25) is 4.55 Å². The molecule has 0 spiro atoms. The summed E-state index contributed by atoms with van der Waals surface area (Å²) in [6.07, 6.45) is -2.34. The molecule has 0 fully saturated rings. The van der Waals surface area contributed by atoms with Crippen molar-refractivity contribution < 1.29 is 52.5 Å². The number of aryl methyl sites for hydroxylation is 2. The van der Waals surface area contributed by atoms with Gasteiger partial charge in [-0.25, -0.2) is 4.98 Å². The Balaban J connectivity index is 0.000000593. The zero-order valence-corrected chi connectivity index (χ0v) is 13.1. The van der Waals surface area contributed by atoms with Gasteiger partial charge in [0, 0.05) is 25.9 Å². The molecule has 148 valence electrons. The van der Waals surface area contributed by atoms with E-state index in [0.29, 0.717) is 0 Å². The van der Waals surface area contributed by atoms with E-state index in [1.807, 2.05) is 24.0 Å². The van der Waals surface area contributed by atoms with Crippen molar-refractivity contribution in [2.75, 3.05) is 0 Å². The van der Waals surface area contributed by atoms with Crippen LogP contribution in [0.5, 0.6) is 0 Å². The van der Waals surface area contributed by atoms with Gasteiger partial charge in [-0.05, 0) is 0 Å². The number of aromatic nitrogens is 2. The predicted octanol–water partition coefficient (Wildman–Crippen LogP) is 3.28. The zero-order chi connectivity index (χ0) is 20.5. The highest BCUT2D eigenvalue weighted by Gasteiger charge is 2.85. The zero-order valence-electron chi connectivity index (χ0n) is 12.3. The van der Waals surface area contributed by atoms with Gasteiger partial charge in [0.15, 0.2) is 0 Å². The normalized spacial score (nSPS) is 14.1. The van der Waals surface area contributed by atoms with Gasteiger partial charge >= 0.3 is 33.4 Å². The monoisotopic (exact) mass is 410 g/mol. The van der Waals surface area contributed by atoms with Gasteiger partial charge in [-0.15, -0.1) is 0 Å². The third-order valence-electron chi connectivity index (χ3n) is 2.68. The van der Waals surface area contributed by atoms with Crippen LogP contribution in [0.3, 0.4) is 0 Å².